The number of rotatable bonds is 5. The molecule has 2 aliphatic heterocycles. The molecular formula is C30H28F3N7O3S. The van der Waals surface area contributed by atoms with Crippen LogP contribution in [0, 0.1) is 0 Å². The monoisotopic (exact) mass is 623 g/mol. The maximum Gasteiger partial charge on any atom is 0.434 e. The molecule has 0 N–H and O–H groups in total. The standard InChI is InChI=1S/C30H28F3N7O3S/c1-16-3-5-19-11-17(4-8-20(19)26-37-22(14-39(16)26)30(31,32)33)13-40-27-21(29(9-10-29)44(40,41)42)12-34-25(38-27)23-24(18-6-7-18)35-15-36-28(23)43-2/h4,8,11-12,14-16,18H,3,5-7,9-10,13H2,1-2H3. The summed E-state index contributed by atoms with van der Waals surface area (Å²) in [6.45, 7) is 1.90. The van der Waals surface area contributed by atoms with E-state index in [1.807, 2.05) is 13.0 Å². The normalized spacial score (nSPS) is 21.0. The predicted molar refractivity (Wildman–Crippen MR) is 153 cm³/mol. The Hall–Kier alpha value is -4.07. The van der Waals surface area contributed by atoms with Gasteiger partial charge in [0.05, 0.1) is 19.3 Å². The molecule has 0 saturated heterocycles. The number of benzene rings is 1. The summed E-state index contributed by atoms with van der Waals surface area (Å²) in [7, 11) is -2.30. The number of halogens is 3. The first kappa shape index (κ1) is 27.5. The van der Waals surface area contributed by atoms with Crippen LogP contribution in [0.3, 0.4) is 0 Å². The summed E-state index contributed by atoms with van der Waals surface area (Å²) in [5.41, 5.74) is 3.17. The smallest absolute Gasteiger partial charge is 0.434 e. The van der Waals surface area contributed by atoms with Crippen molar-refractivity contribution in [3.63, 3.8) is 0 Å². The molecule has 1 unspecified atom stereocenters. The van der Waals surface area contributed by atoms with E-state index in [0.717, 1.165) is 30.3 Å². The molecule has 228 valence electrons. The molecule has 2 aliphatic carbocycles. The van der Waals surface area contributed by atoms with Gasteiger partial charge >= 0.3 is 6.18 Å². The Morgan fingerprint density at radius 1 is 1.09 bits per heavy atom. The van der Waals surface area contributed by atoms with Crippen molar-refractivity contribution in [2.24, 2.45) is 0 Å². The Balaban J connectivity index is 1.20. The van der Waals surface area contributed by atoms with E-state index in [-0.39, 0.29) is 24.3 Å². The molecule has 1 spiro atoms. The molecule has 0 radical (unpaired) electrons. The summed E-state index contributed by atoms with van der Waals surface area (Å²) in [6, 6.07) is 5.21. The van der Waals surface area contributed by atoms with Crippen LogP contribution in [-0.4, -0.2) is 45.0 Å². The maximum atomic E-state index is 14.0. The number of ether oxygens (including phenoxy) is 1. The van der Waals surface area contributed by atoms with Gasteiger partial charge in [-0.3, -0.25) is 0 Å². The summed E-state index contributed by atoms with van der Waals surface area (Å²) in [6.07, 6.45) is 3.76. The van der Waals surface area contributed by atoms with Crippen LogP contribution >= 0.6 is 0 Å². The van der Waals surface area contributed by atoms with Crippen molar-refractivity contribution < 1.29 is 26.3 Å². The molecule has 10 nitrogen and oxygen atoms in total. The third kappa shape index (κ3) is 3.99. The Morgan fingerprint density at radius 2 is 1.89 bits per heavy atom. The molecule has 0 amide bonds. The average molecular weight is 624 g/mol. The minimum Gasteiger partial charge on any atom is -0.480 e. The van der Waals surface area contributed by atoms with Gasteiger partial charge in [0.25, 0.3) is 0 Å². The van der Waals surface area contributed by atoms with Gasteiger partial charge in [-0.25, -0.2) is 37.6 Å². The van der Waals surface area contributed by atoms with Crippen LogP contribution in [0.1, 0.15) is 79.1 Å². The zero-order valence-electron chi connectivity index (χ0n) is 24.0. The van der Waals surface area contributed by atoms with Crippen LogP contribution in [-0.2, 0) is 33.9 Å². The number of fused-ring (bicyclic) bond motifs is 5. The van der Waals surface area contributed by atoms with Gasteiger partial charge in [-0.2, -0.15) is 13.2 Å². The topological polar surface area (TPSA) is 116 Å². The van der Waals surface area contributed by atoms with Gasteiger partial charge in [0.15, 0.2) is 17.3 Å². The highest BCUT2D eigenvalue weighted by molar-refractivity contribution is 7.94. The highest BCUT2D eigenvalue weighted by atomic mass is 32.2. The third-order valence-corrected chi connectivity index (χ3v) is 11.8. The van der Waals surface area contributed by atoms with Crippen LogP contribution in [0.25, 0.3) is 22.8 Å². The molecule has 4 aliphatic rings. The Kier molecular flexibility index (Phi) is 5.76. The van der Waals surface area contributed by atoms with E-state index < -0.39 is 26.6 Å². The van der Waals surface area contributed by atoms with Crippen LogP contribution < -0.4 is 9.04 Å². The van der Waals surface area contributed by atoms with E-state index in [2.05, 4.69) is 19.9 Å². The Labute approximate surface area is 251 Å². The van der Waals surface area contributed by atoms with Crippen molar-refractivity contribution >= 4 is 15.8 Å². The van der Waals surface area contributed by atoms with Crippen LogP contribution in [0.5, 0.6) is 5.88 Å². The number of hydrogen-bond donors (Lipinski definition) is 0. The highest BCUT2D eigenvalue weighted by Gasteiger charge is 2.65. The molecule has 14 heteroatoms. The molecule has 1 aromatic carbocycles. The van der Waals surface area contributed by atoms with Gasteiger partial charge in [0, 0.05) is 35.5 Å². The lowest BCUT2D eigenvalue weighted by Crippen LogP contribution is -2.31. The predicted octanol–water partition coefficient (Wildman–Crippen LogP) is 5.55. The molecule has 3 aromatic heterocycles. The number of methoxy groups -OCH3 is 1. The first-order valence-corrected chi connectivity index (χ1v) is 16.0. The Bertz CT molecular complexity index is 1950. The lowest BCUT2D eigenvalue weighted by Gasteiger charge is -2.20. The van der Waals surface area contributed by atoms with Gasteiger partial charge in [-0.05, 0) is 56.6 Å². The van der Waals surface area contributed by atoms with E-state index in [9.17, 15) is 21.6 Å². The minimum atomic E-state index is -4.55. The summed E-state index contributed by atoms with van der Waals surface area (Å²) < 4.78 is 76.0. The number of imidazole rings is 1. The molecular weight excluding hydrogens is 595 g/mol. The molecule has 5 heterocycles. The minimum absolute atomic E-state index is 0.0243. The second-order valence-electron chi connectivity index (χ2n) is 12.1. The fraction of sp³-hybridized carbons (Fsp3) is 0.433. The number of anilines is 1. The molecule has 4 aromatic rings. The summed E-state index contributed by atoms with van der Waals surface area (Å²) >= 11 is 0. The number of hydrogen-bond acceptors (Lipinski definition) is 8. The van der Waals surface area contributed by atoms with E-state index in [1.54, 1.807) is 22.9 Å². The SMILES string of the molecule is COc1ncnc(C2CC2)c1-c1ncc2c(n1)N(Cc1ccc3c(c1)CCC(C)n1cc(C(F)(F)F)nc1-3)S(=O)(=O)C21CC1. The van der Waals surface area contributed by atoms with Crippen LogP contribution in [0.15, 0.2) is 36.9 Å². The lowest BCUT2D eigenvalue weighted by molar-refractivity contribution is -0.140. The molecule has 8 rings (SSSR count). The lowest BCUT2D eigenvalue weighted by atomic mass is 9.99. The van der Waals surface area contributed by atoms with Crippen molar-refractivity contribution in [2.75, 3.05) is 11.4 Å². The summed E-state index contributed by atoms with van der Waals surface area (Å²) in [5.74, 6) is 1.49. The second kappa shape index (κ2) is 9.22. The largest absolute Gasteiger partial charge is 0.480 e. The van der Waals surface area contributed by atoms with Crippen molar-refractivity contribution in [3.05, 3.63) is 65.0 Å². The Morgan fingerprint density at radius 3 is 2.59 bits per heavy atom. The molecule has 1 atom stereocenters. The van der Waals surface area contributed by atoms with E-state index in [0.29, 0.717) is 65.5 Å². The second-order valence-corrected chi connectivity index (χ2v) is 14.3. The third-order valence-electron chi connectivity index (χ3n) is 9.27. The van der Waals surface area contributed by atoms with Gasteiger partial charge in [0.2, 0.25) is 15.9 Å². The quantitative estimate of drug-likeness (QED) is 0.284. The molecule has 0 bridgehead atoms. The number of aryl methyl sites for hydroxylation is 1. The number of aromatic nitrogens is 6. The average Bonchev–Trinajstić information content (AvgIpc) is 3.93. The van der Waals surface area contributed by atoms with Gasteiger partial charge in [-0.1, -0.05) is 18.2 Å². The zero-order chi connectivity index (χ0) is 30.6. The molecule has 2 fully saturated rings. The molecule has 2 saturated carbocycles. The van der Waals surface area contributed by atoms with Gasteiger partial charge in [0.1, 0.15) is 22.5 Å². The summed E-state index contributed by atoms with van der Waals surface area (Å²) in [4.78, 5) is 22.2. The molecule has 44 heavy (non-hydrogen) atoms. The fourth-order valence-electron chi connectivity index (χ4n) is 6.59. The number of nitrogens with zero attached hydrogens (tertiary/aromatic N) is 7. The van der Waals surface area contributed by atoms with E-state index >= 15 is 0 Å². The van der Waals surface area contributed by atoms with Gasteiger partial charge < -0.3 is 9.30 Å². The first-order valence-electron chi connectivity index (χ1n) is 14.6. The van der Waals surface area contributed by atoms with Crippen molar-refractivity contribution in [2.45, 2.75) is 74.9 Å². The van der Waals surface area contributed by atoms with Crippen molar-refractivity contribution in [3.8, 4) is 28.7 Å². The highest BCUT2D eigenvalue weighted by Crippen LogP contribution is 2.61. The first-order chi connectivity index (χ1) is 21.0. The van der Waals surface area contributed by atoms with Crippen LogP contribution in [0.2, 0.25) is 0 Å². The number of sulfonamides is 1. The fourth-order valence-corrected chi connectivity index (χ4v) is 8.74. The van der Waals surface area contributed by atoms with Gasteiger partial charge in [-0.15, -0.1) is 0 Å². The van der Waals surface area contributed by atoms with E-state index in [1.165, 1.54) is 17.7 Å². The van der Waals surface area contributed by atoms with Crippen LogP contribution in [0.4, 0.5) is 19.0 Å². The van der Waals surface area contributed by atoms with E-state index in [4.69, 9.17) is 9.72 Å². The zero-order valence-corrected chi connectivity index (χ0v) is 24.8. The summed E-state index contributed by atoms with van der Waals surface area (Å²) in [5, 5.41) is 0. The van der Waals surface area contributed by atoms with Crippen molar-refractivity contribution in [1.29, 1.82) is 0 Å². The van der Waals surface area contributed by atoms with Crippen molar-refractivity contribution in [1.82, 2.24) is 29.5 Å². The maximum absolute atomic E-state index is 14.0. The number of alkyl halides is 3.